The Bertz CT molecular complexity index is 736. The van der Waals surface area contributed by atoms with Gasteiger partial charge in [-0.05, 0) is 19.1 Å². The standard InChI is InChI=1S/C15H14N2OS3/c1-10-7-20-15(16-10)21-9-12-8-19-14(17-12)11-4-3-5-13(6-11)18-2/h3-8H,9H2,1-2H3. The average Bonchev–Trinajstić information content (AvgIpc) is 3.14. The van der Waals surface area contributed by atoms with Gasteiger partial charge in [0.25, 0.3) is 0 Å². The van der Waals surface area contributed by atoms with Crippen LogP contribution in [0, 0.1) is 6.92 Å². The van der Waals surface area contributed by atoms with Gasteiger partial charge in [-0.3, -0.25) is 0 Å². The summed E-state index contributed by atoms with van der Waals surface area (Å²) in [6, 6.07) is 8.00. The fourth-order valence-electron chi connectivity index (χ4n) is 1.80. The number of ether oxygens (including phenoxy) is 1. The minimum Gasteiger partial charge on any atom is -0.497 e. The van der Waals surface area contributed by atoms with Gasteiger partial charge in [-0.15, -0.1) is 22.7 Å². The van der Waals surface area contributed by atoms with Crippen LogP contribution in [0.25, 0.3) is 10.6 Å². The molecule has 0 radical (unpaired) electrons. The third kappa shape index (κ3) is 3.64. The molecule has 1 aromatic carbocycles. The van der Waals surface area contributed by atoms with Crippen LogP contribution in [0.5, 0.6) is 5.75 Å². The first-order valence-electron chi connectivity index (χ1n) is 6.38. The molecule has 2 heterocycles. The Morgan fingerprint density at radius 3 is 2.86 bits per heavy atom. The topological polar surface area (TPSA) is 35.0 Å². The number of thiazole rings is 2. The van der Waals surface area contributed by atoms with E-state index in [0.29, 0.717) is 0 Å². The first kappa shape index (κ1) is 14.6. The third-order valence-electron chi connectivity index (χ3n) is 2.81. The molecule has 3 rings (SSSR count). The van der Waals surface area contributed by atoms with Crippen LogP contribution in [0.2, 0.25) is 0 Å². The number of rotatable bonds is 5. The van der Waals surface area contributed by atoms with Gasteiger partial charge in [-0.25, -0.2) is 9.97 Å². The second kappa shape index (κ2) is 6.60. The van der Waals surface area contributed by atoms with Crippen molar-refractivity contribution < 1.29 is 4.74 Å². The minimum absolute atomic E-state index is 0.855. The minimum atomic E-state index is 0.855. The lowest BCUT2D eigenvalue weighted by Crippen LogP contribution is -1.84. The zero-order chi connectivity index (χ0) is 14.7. The normalized spacial score (nSPS) is 10.8. The molecule has 0 amide bonds. The quantitative estimate of drug-likeness (QED) is 0.623. The summed E-state index contributed by atoms with van der Waals surface area (Å²) in [5.74, 6) is 1.71. The highest BCUT2D eigenvalue weighted by Gasteiger charge is 2.07. The second-order valence-electron chi connectivity index (χ2n) is 4.42. The lowest BCUT2D eigenvalue weighted by Gasteiger charge is -2.01. The molecule has 2 aromatic heterocycles. The Kier molecular flexibility index (Phi) is 4.57. The van der Waals surface area contributed by atoms with Crippen molar-refractivity contribution >= 4 is 34.4 Å². The summed E-state index contributed by atoms with van der Waals surface area (Å²) in [5, 5.41) is 5.22. The Morgan fingerprint density at radius 1 is 1.19 bits per heavy atom. The molecule has 6 heteroatoms. The van der Waals surface area contributed by atoms with E-state index in [-0.39, 0.29) is 0 Å². The second-order valence-corrected chi connectivity index (χ2v) is 7.36. The highest BCUT2D eigenvalue weighted by atomic mass is 32.2. The monoisotopic (exact) mass is 334 g/mol. The Hall–Kier alpha value is -1.37. The van der Waals surface area contributed by atoms with Crippen LogP contribution in [0.15, 0.2) is 39.4 Å². The van der Waals surface area contributed by atoms with Gasteiger partial charge in [0.2, 0.25) is 0 Å². The maximum absolute atomic E-state index is 5.26. The molecule has 0 saturated heterocycles. The Morgan fingerprint density at radius 2 is 2.10 bits per heavy atom. The molecule has 0 fully saturated rings. The van der Waals surface area contributed by atoms with Crippen molar-refractivity contribution in [1.82, 2.24) is 9.97 Å². The summed E-state index contributed by atoms with van der Waals surface area (Å²) in [6.07, 6.45) is 0. The van der Waals surface area contributed by atoms with Crippen LogP contribution in [0.4, 0.5) is 0 Å². The summed E-state index contributed by atoms with van der Waals surface area (Å²) in [4.78, 5) is 9.15. The molecule has 21 heavy (non-hydrogen) atoms. The van der Waals surface area contributed by atoms with Gasteiger partial charge in [0.15, 0.2) is 0 Å². The summed E-state index contributed by atoms with van der Waals surface area (Å²) >= 11 is 5.09. The molecule has 0 spiro atoms. The van der Waals surface area contributed by atoms with Gasteiger partial charge >= 0.3 is 0 Å². The highest BCUT2D eigenvalue weighted by molar-refractivity contribution is 8.00. The van der Waals surface area contributed by atoms with Crippen molar-refractivity contribution in [2.24, 2.45) is 0 Å². The molecule has 0 N–H and O–H groups in total. The van der Waals surface area contributed by atoms with Crippen molar-refractivity contribution in [3.8, 4) is 16.3 Å². The predicted molar refractivity (Wildman–Crippen MR) is 90.5 cm³/mol. The summed E-state index contributed by atoms with van der Waals surface area (Å²) in [6.45, 7) is 2.02. The summed E-state index contributed by atoms with van der Waals surface area (Å²) in [7, 11) is 1.68. The maximum Gasteiger partial charge on any atom is 0.150 e. The smallest absolute Gasteiger partial charge is 0.150 e. The largest absolute Gasteiger partial charge is 0.497 e. The number of hydrogen-bond acceptors (Lipinski definition) is 6. The molecular weight excluding hydrogens is 320 g/mol. The van der Waals surface area contributed by atoms with Crippen molar-refractivity contribution in [1.29, 1.82) is 0 Å². The zero-order valence-corrected chi connectivity index (χ0v) is 14.1. The molecular formula is C15H14N2OS3. The van der Waals surface area contributed by atoms with Gasteiger partial charge in [0, 0.05) is 27.8 Å². The number of benzene rings is 1. The summed E-state index contributed by atoms with van der Waals surface area (Å²) in [5.41, 5.74) is 3.27. The van der Waals surface area contributed by atoms with Gasteiger partial charge in [0.1, 0.15) is 15.1 Å². The summed E-state index contributed by atoms with van der Waals surface area (Å²) < 4.78 is 6.36. The van der Waals surface area contributed by atoms with E-state index in [4.69, 9.17) is 9.72 Å². The molecule has 108 valence electrons. The van der Waals surface area contributed by atoms with Crippen LogP contribution in [-0.4, -0.2) is 17.1 Å². The zero-order valence-electron chi connectivity index (χ0n) is 11.7. The molecule has 0 unspecified atom stereocenters. The average molecular weight is 334 g/mol. The number of thioether (sulfide) groups is 1. The van der Waals surface area contributed by atoms with E-state index in [1.54, 1.807) is 41.5 Å². The van der Waals surface area contributed by atoms with E-state index in [1.807, 2.05) is 25.1 Å². The van der Waals surface area contributed by atoms with Gasteiger partial charge in [-0.1, -0.05) is 23.9 Å². The van der Waals surface area contributed by atoms with Crippen molar-refractivity contribution in [3.63, 3.8) is 0 Å². The maximum atomic E-state index is 5.26. The lowest BCUT2D eigenvalue weighted by atomic mass is 10.2. The van der Waals surface area contributed by atoms with Gasteiger partial charge < -0.3 is 4.74 Å². The van der Waals surface area contributed by atoms with Gasteiger partial charge in [0.05, 0.1) is 12.8 Å². The molecule has 3 nitrogen and oxygen atoms in total. The molecule has 3 aromatic rings. The lowest BCUT2D eigenvalue weighted by molar-refractivity contribution is 0.415. The fraction of sp³-hybridized carbons (Fsp3) is 0.200. The Labute approximate surface area is 136 Å². The van der Waals surface area contributed by atoms with Crippen LogP contribution < -0.4 is 4.74 Å². The number of aryl methyl sites for hydroxylation is 1. The van der Waals surface area contributed by atoms with E-state index in [9.17, 15) is 0 Å². The molecule has 0 saturated carbocycles. The third-order valence-corrected chi connectivity index (χ3v) is 5.92. The first-order valence-corrected chi connectivity index (χ1v) is 9.13. The van der Waals surface area contributed by atoms with E-state index in [2.05, 4.69) is 21.8 Å². The molecule has 0 atom stereocenters. The first-order chi connectivity index (χ1) is 10.2. The number of hydrogen-bond donors (Lipinski definition) is 0. The van der Waals surface area contributed by atoms with Crippen molar-refractivity contribution in [2.75, 3.05) is 7.11 Å². The SMILES string of the molecule is COc1cccc(-c2nc(CSc3nc(C)cs3)cs2)c1. The predicted octanol–water partition coefficient (Wildman–Crippen LogP) is 4.88. The molecule has 0 aliphatic heterocycles. The van der Waals surface area contributed by atoms with Crippen LogP contribution >= 0.6 is 34.4 Å². The highest BCUT2D eigenvalue weighted by Crippen LogP contribution is 2.30. The molecule has 0 aliphatic carbocycles. The van der Waals surface area contributed by atoms with Crippen LogP contribution in [-0.2, 0) is 5.75 Å². The van der Waals surface area contributed by atoms with E-state index >= 15 is 0 Å². The van der Waals surface area contributed by atoms with Crippen LogP contribution in [0.1, 0.15) is 11.4 Å². The van der Waals surface area contributed by atoms with Gasteiger partial charge in [-0.2, -0.15) is 0 Å². The van der Waals surface area contributed by atoms with Crippen molar-refractivity contribution in [3.05, 3.63) is 46.4 Å². The number of aromatic nitrogens is 2. The van der Waals surface area contributed by atoms with E-state index in [0.717, 1.165) is 37.8 Å². The van der Waals surface area contributed by atoms with Crippen LogP contribution in [0.3, 0.4) is 0 Å². The molecule has 0 bridgehead atoms. The Balaban J connectivity index is 1.70. The number of nitrogens with zero attached hydrogens (tertiary/aromatic N) is 2. The number of methoxy groups -OCH3 is 1. The molecule has 0 aliphatic rings. The van der Waals surface area contributed by atoms with E-state index < -0.39 is 0 Å². The van der Waals surface area contributed by atoms with Crippen molar-refractivity contribution in [2.45, 2.75) is 17.0 Å². The fourth-order valence-corrected chi connectivity index (χ4v) is 4.46. The van der Waals surface area contributed by atoms with E-state index in [1.165, 1.54) is 0 Å².